The molecule has 0 radical (unpaired) electrons. The minimum Gasteiger partial charge on any atom is -0.370 e. The third kappa shape index (κ3) is 3.86. The second kappa shape index (κ2) is 6.20. The number of anilines is 2. The summed E-state index contributed by atoms with van der Waals surface area (Å²) in [7, 11) is 0. The third-order valence-electron chi connectivity index (χ3n) is 4.24. The minimum absolute atomic E-state index is 0.370. The SMILES string of the molecule is CCCNc1cc(N(CC2CC2)C2CC2)nc(C(C)C)n1. The van der Waals surface area contributed by atoms with Crippen molar-refractivity contribution in [2.24, 2.45) is 5.92 Å². The molecule has 3 rings (SSSR count). The van der Waals surface area contributed by atoms with Crippen LogP contribution in [0.4, 0.5) is 11.6 Å². The van der Waals surface area contributed by atoms with Crippen molar-refractivity contribution in [3.63, 3.8) is 0 Å². The van der Waals surface area contributed by atoms with Gasteiger partial charge in [-0.2, -0.15) is 0 Å². The lowest BCUT2D eigenvalue weighted by molar-refractivity contribution is 0.694. The van der Waals surface area contributed by atoms with Crippen LogP contribution in [0.25, 0.3) is 0 Å². The molecule has 1 heterocycles. The lowest BCUT2D eigenvalue weighted by Gasteiger charge is -2.25. The Kier molecular flexibility index (Phi) is 4.32. The van der Waals surface area contributed by atoms with Gasteiger partial charge in [-0.1, -0.05) is 20.8 Å². The van der Waals surface area contributed by atoms with Gasteiger partial charge in [-0.3, -0.25) is 0 Å². The monoisotopic (exact) mass is 288 g/mol. The van der Waals surface area contributed by atoms with Crippen LogP contribution in [0.15, 0.2) is 6.07 Å². The molecule has 1 aromatic rings. The van der Waals surface area contributed by atoms with Crippen molar-refractivity contribution in [1.82, 2.24) is 9.97 Å². The Bertz CT molecular complexity index is 478. The van der Waals surface area contributed by atoms with Crippen LogP contribution in [0.5, 0.6) is 0 Å². The predicted octanol–water partition coefficient (Wildman–Crippen LogP) is 3.80. The Hall–Kier alpha value is -1.32. The zero-order valence-corrected chi connectivity index (χ0v) is 13.6. The maximum absolute atomic E-state index is 4.86. The summed E-state index contributed by atoms with van der Waals surface area (Å²) >= 11 is 0. The number of aromatic nitrogens is 2. The average Bonchev–Trinajstić information content (AvgIpc) is 3.35. The fraction of sp³-hybridized carbons (Fsp3) is 0.765. The van der Waals surface area contributed by atoms with E-state index in [-0.39, 0.29) is 0 Å². The highest BCUT2D eigenvalue weighted by Crippen LogP contribution is 2.37. The van der Waals surface area contributed by atoms with E-state index in [0.29, 0.717) is 5.92 Å². The molecule has 2 fully saturated rings. The van der Waals surface area contributed by atoms with Gasteiger partial charge in [-0.25, -0.2) is 9.97 Å². The van der Waals surface area contributed by atoms with E-state index in [1.807, 2.05) is 0 Å². The van der Waals surface area contributed by atoms with Gasteiger partial charge in [0.15, 0.2) is 0 Å². The van der Waals surface area contributed by atoms with Crippen LogP contribution in [0, 0.1) is 5.92 Å². The highest BCUT2D eigenvalue weighted by molar-refractivity contribution is 5.51. The van der Waals surface area contributed by atoms with E-state index in [0.717, 1.165) is 42.4 Å². The molecular formula is C17H28N4. The molecule has 2 saturated carbocycles. The Labute approximate surface area is 128 Å². The average molecular weight is 288 g/mol. The molecule has 1 aromatic heterocycles. The van der Waals surface area contributed by atoms with Gasteiger partial charge in [-0.05, 0) is 38.0 Å². The molecular weight excluding hydrogens is 260 g/mol. The first-order valence-corrected chi connectivity index (χ1v) is 8.57. The molecule has 0 amide bonds. The van der Waals surface area contributed by atoms with Crippen LogP contribution in [-0.4, -0.2) is 29.1 Å². The van der Waals surface area contributed by atoms with E-state index in [9.17, 15) is 0 Å². The molecule has 116 valence electrons. The summed E-state index contributed by atoms with van der Waals surface area (Å²) in [4.78, 5) is 12.1. The first kappa shape index (κ1) is 14.6. The van der Waals surface area contributed by atoms with E-state index >= 15 is 0 Å². The standard InChI is InChI=1S/C17H28N4/c1-4-9-18-15-10-16(20-17(19-15)12(2)3)21(14-7-8-14)11-13-5-6-13/h10,12-14H,4-9,11H2,1-3H3,(H,18,19,20). The van der Waals surface area contributed by atoms with Crippen molar-refractivity contribution in [3.8, 4) is 0 Å². The summed E-state index contributed by atoms with van der Waals surface area (Å²) in [6.07, 6.45) is 6.56. The zero-order chi connectivity index (χ0) is 14.8. The molecule has 0 saturated heterocycles. The van der Waals surface area contributed by atoms with E-state index in [1.165, 1.54) is 32.2 Å². The molecule has 0 unspecified atom stereocenters. The van der Waals surface area contributed by atoms with Crippen LogP contribution >= 0.6 is 0 Å². The predicted molar refractivity (Wildman–Crippen MR) is 88.0 cm³/mol. The molecule has 21 heavy (non-hydrogen) atoms. The van der Waals surface area contributed by atoms with Crippen LogP contribution < -0.4 is 10.2 Å². The Balaban J connectivity index is 1.84. The van der Waals surface area contributed by atoms with Crippen molar-refractivity contribution < 1.29 is 0 Å². The van der Waals surface area contributed by atoms with Gasteiger partial charge in [-0.15, -0.1) is 0 Å². The fourth-order valence-corrected chi connectivity index (χ4v) is 2.60. The van der Waals surface area contributed by atoms with Crippen LogP contribution in [0.1, 0.15) is 64.6 Å². The summed E-state index contributed by atoms with van der Waals surface area (Å²) in [5.41, 5.74) is 0. The van der Waals surface area contributed by atoms with Crippen molar-refractivity contribution in [3.05, 3.63) is 11.9 Å². The molecule has 4 heteroatoms. The van der Waals surface area contributed by atoms with Gasteiger partial charge in [0, 0.05) is 31.1 Å². The first-order valence-electron chi connectivity index (χ1n) is 8.57. The molecule has 0 atom stereocenters. The first-order chi connectivity index (χ1) is 10.2. The maximum Gasteiger partial charge on any atom is 0.135 e. The van der Waals surface area contributed by atoms with Gasteiger partial charge < -0.3 is 10.2 Å². The van der Waals surface area contributed by atoms with E-state index in [2.05, 4.69) is 42.0 Å². The largest absolute Gasteiger partial charge is 0.370 e. The van der Waals surface area contributed by atoms with Crippen molar-refractivity contribution >= 4 is 11.6 Å². The molecule has 0 spiro atoms. The Morgan fingerprint density at radius 1 is 1.24 bits per heavy atom. The number of hydrogen-bond donors (Lipinski definition) is 1. The molecule has 2 aliphatic rings. The molecule has 0 bridgehead atoms. The summed E-state index contributed by atoms with van der Waals surface area (Å²) < 4.78 is 0. The number of rotatable bonds is 8. The quantitative estimate of drug-likeness (QED) is 0.790. The normalized spacial score (nSPS) is 18.1. The molecule has 4 nitrogen and oxygen atoms in total. The van der Waals surface area contributed by atoms with Gasteiger partial charge in [0.05, 0.1) is 0 Å². The maximum atomic E-state index is 4.86. The highest BCUT2D eigenvalue weighted by atomic mass is 15.3. The summed E-state index contributed by atoms with van der Waals surface area (Å²) in [6, 6.07) is 2.88. The van der Waals surface area contributed by atoms with Crippen molar-refractivity contribution in [2.75, 3.05) is 23.3 Å². The van der Waals surface area contributed by atoms with Crippen LogP contribution in [-0.2, 0) is 0 Å². The van der Waals surface area contributed by atoms with E-state index in [4.69, 9.17) is 4.98 Å². The topological polar surface area (TPSA) is 41.0 Å². The van der Waals surface area contributed by atoms with E-state index in [1.54, 1.807) is 0 Å². The molecule has 0 aromatic carbocycles. The Morgan fingerprint density at radius 2 is 2.00 bits per heavy atom. The number of nitrogens with zero attached hydrogens (tertiary/aromatic N) is 3. The summed E-state index contributed by atoms with van der Waals surface area (Å²) in [6.45, 7) is 8.69. The van der Waals surface area contributed by atoms with Crippen LogP contribution in [0.3, 0.4) is 0 Å². The van der Waals surface area contributed by atoms with Gasteiger partial charge in [0.2, 0.25) is 0 Å². The molecule has 2 aliphatic carbocycles. The zero-order valence-electron chi connectivity index (χ0n) is 13.6. The lowest BCUT2D eigenvalue weighted by Crippen LogP contribution is -2.29. The molecule has 0 aliphatic heterocycles. The van der Waals surface area contributed by atoms with E-state index < -0.39 is 0 Å². The van der Waals surface area contributed by atoms with Gasteiger partial charge in [0.25, 0.3) is 0 Å². The van der Waals surface area contributed by atoms with Crippen molar-refractivity contribution in [1.29, 1.82) is 0 Å². The second-order valence-electron chi connectivity index (χ2n) is 6.88. The van der Waals surface area contributed by atoms with Crippen molar-refractivity contribution in [2.45, 2.75) is 64.8 Å². The lowest BCUT2D eigenvalue weighted by atomic mass is 10.2. The third-order valence-corrected chi connectivity index (χ3v) is 4.24. The van der Waals surface area contributed by atoms with Gasteiger partial charge in [0.1, 0.15) is 17.5 Å². The number of nitrogens with one attached hydrogen (secondary N) is 1. The Morgan fingerprint density at radius 3 is 2.57 bits per heavy atom. The molecule has 1 N–H and O–H groups in total. The minimum atomic E-state index is 0.370. The highest BCUT2D eigenvalue weighted by Gasteiger charge is 2.34. The number of hydrogen-bond acceptors (Lipinski definition) is 4. The fourth-order valence-electron chi connectivity index (χ4n) is 2.60. The summed E-state index contributed by atoms with van der Waals surface area (Å²) in [5, 5.41) is 3.44. The van der Waals surface area contributed by atoms with Gasteiger partial charge >= 0.3 is 0 Å². The second-order valence-corrected chi connectivity index (χ2v) is 6.88. The summed E-state index contributed by atoms with van der Waals surface area (Å²) in [5.74, 6) is 4.37. The smallest absolute Gasteiger partial charge is 0.135 e. The van der Waals surface area contributed by atoms with Crippen LogP contribution in [0.2, 0.25) is 0 Å².